The molecule has 1 aromatic heterocycles. The van der Waals surface area contributed by atoms with Crippen molar-refractivity contribution in [3.8, 4) is 0 Å². The zero-order chi connectivity index (χ0) is 19.5. The Kier molecular flexibility index (Phi) is 5.34. The van der Waals surface area contributed by atoms with Gasteiger partial charge in [-0.25, -0.2) is 9.37 Å². The van der Waals surface area contributed by atoms with Crippen molar-refractivity contribution in [1.29, 1.82) is 0 Å². The number of anilines is 1. The molecule has 0 unspecified atom stereocenters. The highest BCUT2D eigenvalue weighted by Gasteiger charge is 2.32. The summed E-state index contributed by atoms with van der Waals surface area (Å²) in [5.74, 6) is -0.754. The molecule has 0 radical (unpaired) electrons. The minimum atomic E-state index is -0.412. The van der Waals surface area contributed by atoms with E-state index in [4.69, 9.17) is 4.98 Å². The number of carbonyl (C=O) groups is 2. The minimum absolute atomic E-state index is 0.0174. The lowest BCUT2D eigenvalue weighted by Crippen LogP contribution is -2.31. The molecule has 144 valence electrons. The first-order valence-corrected chi connectivity index (χ1v) is 10.1. The highest BCUT2D eigenvalue weighted by Crippen LogP contribution is 2.36. The molecule has 4 rings (SSSR count). The summed E-state index contributed by atoms with van der Waals surface area (Å²) in [5, 5.41) is 3.58. The fourth-order valence-electron chi connectivity index (χ4n) is 3.51. The monoisotopic (exact) mass is 397 g/mol. The van der Waals surface area contributed by atoms with Crippen molar-refractivity contribution < 1.29 is 14.0 Å². The number of hydrogen-bond acceptors (Lipinski definition) is 4. The van der Waals surface area contributed by atoms with E-state index in [1.807, 2.05) is 29.2 Å². The lowest BCUT2D eigenvalue weighted by Gasteiger charge is -2.23. The number of para-hydroxylation sites is 1. The number of nitrogens with one attached hydrogen (secondary N) is 1. The number of benzene rings is 2. The molecule has 1 aliphatic rings. The van der Waals surface area contributed by atoms with Crippen molar-refractivity contribution >= 4 is 39.1 Å². The normalized spacial score (nSPS) is 16.5. The molecule has 0 spiro atoms. The van der Waals surface area contributed by atoms with Crippen LogP contribution in [-0.2, 0) is 9.59 Å². The van der Waals surface area contributed by atoms with Crippen molar-refractivity contribution in [3.63, 3.8) is 0 Å². The van der Waals surface area contributed by atoms with Crippen LogP contribution in [0.2, 0.25) is 0 Å². The minimum Gasteiger partial charge on any atom is -0.333 e. The van der Waals surface area contributed by atoms with Crippen molar-refractivity contribution in [2.24, 2.45) is 0 Å². The number of fused-ring (bicyclic) bond motifs is 1. The highest BCUT2D eigenvalue weighted by molar-refractivity contribution is 7.18. The van der Waals surface area contributed by atoms with Gasteiger partial charge in [0.1, 0.15) is 10.8 Å². The summed E-state index contributed by atoms with van der Waals surface area (Å²) in [6, 6.07) is 13.7. The second kappa shape index (κ2) is 8.06. The summed E-state index contributed by atoms with van der Waals surface area (Å²) in [6.45, 7) is 0.685. The van der Waals surface area contributed by atoms with Crippen molar-refractivity contribution in [1.82, 2.24) is 9.88 Å². The van der Waals surface area contributed by atoms with Gasteiger partial charge in [0.25, 0.3) is 0 Å². The van der Waals surface area contributed by atoms with E-state index < -0.39 is 5.82 Å². The Labute approximate surface area is 166 Å². The summed E-state index contributed by atoms with van der Waals surface area (Å²) in [7, 11) is 0. The third-order valence-electron chi connectivity index (χ3n) is 4.84. The zero-order valence-corrected chi connectivity index (χ0v) is 16.0. The van der Waals surface area contributed by atoms with Gasteiger partial charge in [-0.3, -0.25) is 9.59 Å². The molecule has 1 atom stereocenters. The van der Waals surface area contributed by atoms with E-state index in [-0.39, 0.29) is 30.7 Å². The van der Waals surface area contributed by atoms with Gasteiger partial charge in [0.2, 0.25) is 11.8 Å². The Morgan fingerprint density at radius 2 is 2.04 bits per heavy atom. The third-order valence-corrected chi connectivity index (χ3v) is 5.98. The molecule has 1 N–H and O–H groups in total. The summed E-state index contributed by atoms with van der Waals surface area (Å²) in [5.41, 5.74) is 1.35. The number of amides is 2. The number of thiazole rings is 1. The van der Waals surface area contributed by atoms with Gasteiger partial charge in [0.15, 0.2) is 0 Å². The van der Waals surface area contributed by atoms with Crippen LogP contribution in [0, 0.1) is 5.82 Å². The topological polar surface area (TPSA) is 62.3 Å². The Morgan fingerprint density at radius 1 is 1.18 bits per heavy atom. The molecule has 2 heterocycles. The Morgan fingerprint density at radius 3 is 2.86 bits per heavy atom. The molecule has 1 aliphatic heterocycles. The summed E-state index contributed by atoms with van der Waals surface area (Å²) >= 11 is 1.62. The van der Waals surface area contributed by atoms with Crippen LogP contribution in [0.1, 0.15) is 36.7 Å². The maximum Gasteiger partial charge on any atom is 0.224 e. The average molecular weight is 397 g/mol. The van der Waals surface area contributed by atoms with Crippen LogP contribution in [0.25, 0.3) is 10.2 Å². The largest absolute Gasteiger partial charge is 0.333 e. The summed E-state index contributed by atoms with van der Waals surface area (Å²) in [4.78, 5) is 31.4. The second-order valence-electron chi connectivity index (χ2n) is 6.82. The lowest BCUT2D eigenvalue weighted by atomic mass is 10.2. The van der Waals surface area contributed by atoms with Crippen LogP contribution < -0.4 is 5.32 Å². The number of aromatic nitrogens is 1. The number of halogens is 1. The van der Waals surface area contributed by atoms with Gasteiger partial charge in [-0.15, -0.1) is 11.3 Å². The van der Waals surface area contributed by atoms with Crippen LogP contribution in [-0.4, -0.2) is 28.2 Å². The number of carbonyl (C=O) groups excluding carboxylic acids is 2. The predicted octanol–water partition coefficient (Wildman–Crippen LogP) is 4.52. The third kappa shape index (κ3) is 4.04. The molecule has 2 amide bonds. The number of likely N-dealkylation sites (tertiary alicyclic amines) is 1. The first kappa shape index (κ1) is 18.6. The van der Waals surface area contributed by atoms with E-state index in [9.17, 15) is 14.0 Å². The standard InChI is InChI=1S/C21H20FN3O2S/c22-14-5-3-6-15(13-14)23-19(26)10-11-20(27)25-12-4-8-17(25)21-24-16-7-1-2-9-18(16)28-21/h1-3,5-7,9,13,17H,4,8,10-12H2,(H,23,26)/t17-/m0/s1. The van der Waals surface area contributed by atoms with E-state index in [1.165, 1.54) is 18.2 Å². The van der Waals surface area contributed by atoms with Gasteiger partial charge in [0, 0.05) is 25.1 Å². The number of hydrogen-bond donors (Lipinski definition) is 1. The SMILES string of the molecule is O=C(CCC(=O)N1CCC[C@H]1c1nc2ccccc2s1)Nc1cccc(F)c1. The second-order valence-corrected chi connectivity index (χ2v) is 7.89. The Bertz CT molecular complexity index is 987. The van der Waals surface area contributed by atoms with Crippen molar-refractivity contribution in [2.45, 2.75) is 31.7 Å². The zero-order valence-electron chi connectivity index (χ0n) is 15.2. The van der Waals surface area contributed by atoms with E-state index >= 15 is 0 Å². The van der Waals surface area contributed by atoms with E-state index in [0.29, 0.717) is 12.2 Å². The van der Waals surface area contributed by atoms with Gasteiger partial charge in [-0.2, -0.15) is 0 Å². The van der Waals surface area contributed by atoms with Crippen LogP contribution in [0.5, 0.6) is 0 Å². The van der Waals surface area contributed by atoms with E-state index in [1.54, 1.807) is 17.4 Å². The Balaban J connectivity index is 1.37. The van der Waals surface area contributed by atoms with E-state index in [0.717, 1.165) is 28.1 Å². The van der Waals surface area contributed by atoms with Crippen LogP contribution in [0.15, 0.2) is 48.5 Å². The molecule has 28 heavy (non-hydrogen) atoms. The molecule has 2 aromatic carbocycles. The molecule has 5 nitrogen and oxygen atoms in total. The molecule has 1 saturated heterocycles. The maximum atomic E-state index is 13.2. The molecule has 0 bridgehead atoms. The van der Waals surface area contributed by atoms with Gasteiger partial charge in [-0.05, 0) is 43.2 Å². The van der Waals surface area contributed by atoms with Crippen LogP contribution in [0.3, 0.4) is 0 Å². The number of nitrogens with zero attached hydrogens (tertiary/aromatic N) is 2. The molecular formula is C21H20FN3O2S. The maximum absolute atomic E-state index is 13.2. The van der Waals surface area contributed by atoms with Crippen molar-refractivity contribution in [2.75, 3.05) is 11.9 Å². The fraction of sp³-hybridized carbons (Fsp3) is 0.286. The molecule has 1 fully saturated rings. The predicted molar refractivity (Wildman–Crippen MR) is 108 cm³/mol. The van der Waals surface area contributed by atoms with Gasteiger partial charge in [-0.1, -0.05) is 18.2 Å². The van der Waals surface area contributed by atoms with Gasteiger partial charge in [0.05, 0.1) is 16.3 Å². The highest BCUT2D eigenvalue weighted by atomic mass is 32.1. The van der Waals surface area contributed by atoms with Gasteiger partial charge < -0.3 is 10.2 Å². The molecule has 0 saturated carbocycles. The fourth-order valence-corrected chi connectivity index (χ4v) is 4.62. The van der Waals surface area contributed by atoms with Gasteiger partial charge >= 0.3 is 0 Å². The smallest absolute Gasteiger partial charge is 0.224 e. The number of rotatable bonds is 5. The van der Waals surface area contributed by atoms with Crippen LogP contribution in [0.4, 0.5) is 10.1 Å². The molecule has 3 aromatic rings. The van der Waals surface area contributed by atoms with E-state index in [2.05, 4.69) is 5.32 Å². The summed E-state index contributed by atoms with van der Waals surface area (Å²) in [6.07, 6.45) is 2.02. The quantitative estimate of drug-likeness (QED) is 0.689. The summed E-state index contributed by atoms with van der Waals surface area (Å²) < 4.78 is 14.3. The molecule has 7 heteroatoms. The molecule has 0 aliphatic carbocycles. The first-order valence-electron chi connectivity index (χ1n) is 9.30. The van der Waals surface area contributed by atoms with Crippen LogP contribution >= 0.6 is 11.3 Å². The first-order chi connectivity index (χ1) is 13.6. The van der Waals surface area contributed by atoms with Crippen molar-refractivity contribution in [3.05, 3.63) is 59.4 Å². The average Bonchev–Trinajstić information content (AvgIpc) is 3.32. The Hall–Kier alpha value is -2.80. The molecular weight excluding hydrogens is 377 g/mol. The lowest BCUT2D eigenvalue weighted by molar-refractivity contribution is -0.133.